The number of rotatable bonds is 1. The lowest BCUT2D eigenvalue weighted by Gasteiger charge is -2.20. The van der Waals surface area contributed by atoms with Crippen LogP contribution in [-0.2, 0) is 5.41 Å². The van der Waals surface area contributed by atoms with Gasteiger partial charge >= 0.3 is 0 Å². The Kier molecular flexibility index (Phi) is 3.44. The molecule has 19 heavy (non-hydrogen) atoms. The van der Waals surface area contributed by atoms with Crippen LogP contribution >= 0.6 is 0 Å². The molecule has 0 aliphatic heterocycles. The zero-order valence-electron chi connectivity index (χ0n) is 12.0. The molecule has 2 aromatic rings. The van der Waals surface area contributed by atoms with Gasteiger partial charge in [0.25, 0.3) is 0 Å². The maximum absolute atomic E-state index is 8.98. The second-order valence-corrected chi connectivity index (χ2v) is 5.97. The van der Waals surface area contributed by atoms with Crippen LogP contribution in [0.15, 0.2) is 42.5 Å². The van der Waals surface area contributed by atoms with E-state index in [0.717, 1.165) is 5.56 Å². The van der Waals surface area contributed by atoms with E-state index in [9.17, 15) is 0 Å². The molecule has 0 spiro atoms. The first kappa shape index (κ1) is 13.4. The Bertz CT molecular complexity index is 639. The molecule has 0 aromatic heterocycles. The highest BCUT2D eigenvalue weighted by atomic mass is 14.2. The zero-order valence-corrected chi connectivity index (χ0v) is 12.0. The second-order valence-electron chi connectivity index (χ2n) is 5.97. The van der Waals surface area contributed by atoms with Crippen LogP contribution in [0.1, 0.15) is 37.5 Å². The highest BCUT2D eigenvalue weighted by Gasteiger charge is 2.14. The third-order valence-electron chi connectivity index (χ3n) is 3.40. The lowest BCUT2D eigenvalue weighted by molar-refractivity contribution is 0.590. The van der Waals surface area contributed by atoms with E-state index in [0.29, 0.717) is 5.56 Å². The van der Waals surface area contributed by atoms with Gasteiger partial charge in [0.05, 0.1) is 11.6 Å². The van der Waals surface area contributed by atoms with Crippen LogP contribution in [0.3, 0.4) is 0 Å². The Balaban J connectivity index is 2.50. The van der Waals surface area contributed by atoms with Crippen molar-refractivity contribution in [1.29, 1.82) is 5.26 Å². The third-order valence-corrected chi connectivity index (χ3v) is 3.40. The molecule has 0 atom stereocenters. The van der Waals surface area contributed by atoms with Gasteiger partial charge in [-0.3, -0.25) is 0 Å². The molecule has 0 fully saturated rings. The van der Waals surface area contributed by atoms with Gasteiger partial charge in [0.1, 0.15) is 0 Å². The van der Waals surface area contributed by atoms with Crippen molar-refractivity contribution in [3.63, 3.8) is 0 Å². The standard InChI is InChI=1S/C18H19N/c1-13-10-16(18(2,3)4)8-9-17(13)15-7-5-6-14(11-15)12-19/h5-11H,1-4H3. The average Bonchev–Trinajstić information content (AvgIpc) is 2.37. The molecule has 0 bridgehead atoms. The molecule has 96 valence electrons. The first-order valence-electron chi connectivity index (χ1n) is 6.53. The van der Waals surface area contributed by atoms with Crippen LogP contribution < -0.4 is 0 Å². The molecule has 0 amide bonds. The molecule has 1 heteroatoms. The Morgan fingerprint density at radius 3 is 2.32 bits per heavy atom. The molecule has 0 unspecified atom stereocenters. The van der Waals surface area contributed by atoms with Crippen molar-refractivity contribution in [2.75, 3.05) is 0 Å². The van der Waals surface area contributed by atoms with Gasteiger partial charge in [-0.05, 0) is 46.7 Å². The smallest absolute Gasteiger partial charge is 0.0991 e. The molecule has 2 aromatic carbocycles. The predicted octanol–water partition coefficient (Wildman–Crippen LogP) is 4.83. The summed E-state index contributed by atoms with van der Waals surface area (Å²) in [5.74, 6) is 0. The summed E-state index contributed by atoms with van der Waals surface area (Å²) in [6.45, 7) is 8.79. The van der Waals surface area contributed by atoms with Crippen LogP contribution in [-0.4, -0.2) is 0 Å². The van der Waals surface area contributed by atoms with E-state index in [4.69, 9.17) is 5.26 Å². The van der Waals surface area contributed by atoms with Crippen LogP contribution in [0.2, 0.25) is 0 Å². The minimum Gasteiger partial charge on any atom is -0.192 e. The fraction of sp³-hybridized carbons (Fsp3) is 0.278. The summed E-state index contributed by atoms with van der Waals surface area (Å²) >= 11 is 0. The first-order valence-corrected chi connectivity index (χ1v) is 6.53. The van der Waals surface area contributed by atoms with E-state index in [-0.39, 0.29) is 5.41 Å². The Labute approximate surface area is 115 Å². The van der Waals surface area contributed by atoms with E-state index in [1.165, 1.54) is 16.7 Å². The van der Waals surface area contributed by atoms with E-state index < -0.39 is 0 Å². The number of nitrogens with zero attached hydrogens (tertiary/aromatic N) is 1. The number of aryl methyl sites for hydroxylation is 1. The molecule has 0 aliphatic carbocycles. The summed E-state index contributed by atoms with van der Waals surface area (Å²) in [6.07, 6.45) is 0. The Morgan fingerprint density at radius 2 is 1.74 bits per heavy atom. The molecule has 0 saturated heterocycles. The molecular weight excluding hydrogens is 230 g/mol. The third kappa shape index (κ3) is 2.85. The van der Waals surface area contributed by atoms with E-state index in [2.05, 4.69) is 58.0 Å². The van der Waals surface area contributed by atoms with Crippen molar-refractivity contribution >= 4 is 0 Å². The van der Waals surface area contributed by atoms with Crippen LogP contribution in [0.4, 0.5) is 0 Å². The normalized spacial score (nSPS) is 11.1. The molecule has 0 radical (unpaired) electrons. The lowest BCUT2D eigenvalue weighted by atomic mass is 9.84. The first-order chi connectivity index (χ1) is 8.91. The largest absolute Gasteiger partial charge is 0.192 e. The highest BCUT2D eigenvalue weighted by molar-refractivity contribution is 5.69. The van der Waals surface area contributed by atoms with E-state index >= 15 is 0 Å². The Hall–Kier alpha value is -2.07. The molecule has 0 aliphatic rings. The van der Waals surface area contributed by atoms with Crippen LogP contribution in [0.5, 0.6) is 0 Å². The van der Waals surface area contributed by atoms with Gasteiger partial charge in [-0.1, -0.05) is 51.1 Å². The maximum atomic E-state index is 8.98. The van der Waals surface area contributed by atoms with Crippen molar-refractivity contribution in [2.45, 2.75) is 33.1 Å². The second kappa shape index (κ2) is 4.90. The SMILES string of the molecule is Cc1cc(C(C)(C)C)ccc1-c1cccc(C#N)c1. The molecule has 1 nitrogen and oxygen atoms in total. The summed E-state index contributed by atoms with van der Waals surface area (Å²) in [4.78, 5) is 0. The monoisotopic (exact) mass is 249 g/mol. The minimum atomic E-state index is 0.164. The fourth-order valence-corrected chi connectivity index (χ4v) is 2.21. The summed E-state index contributed by atoms with van der Waals surface area (Å²) in [7, 11) is 0. The topological polar surface area (TPSA) is 23.8 Å². The van der Waals surface area contributed by atoms with Crippen molar-refractivity contribution in [2.24, 2.45) is 0 Å². The van der Waals surface area contributed by atoms with Crippen molar-refractivity contribution in [3.8, 4) is 17.2 Å². The van der Waals surface area contributed by atoms with Gasteiger partial charge in [0, 0.05) is 0 Å². The van der Waals surface area contributed by atoms with Gasteiger partial charge in [0.2, 0.25) is 0 Å². The van der Waals surface area contributed by atoms with Gasteiger partial charge < -0.3 is 0 Å². The van der Waals surface area contributed by atoms with Crippen LogP contribution in [0.25, 0.3) is 11.1 Å². The summed E-state index contributed by atoms with van der Waals surface area (Å²) in [5, 5.41) is 8.98. The maximum Gasteiger partial charge on any atom is 0.0991 e. The molecular formula is C18H19N. The van der Waals surface area contributed by atoms with Crippen molar-refractivity contribution in [3.05, 3.63) is 59.2 Å². The number of benzene rings is 2. The highest BCUT2D eigenvalue weighted by Crippen LogP contribution is 2.29. The number of hydrogen-bond donors (Lipinski definition) is 0. The Morgan fingerprint density at radius 1 is 1.00 bits per heavy atom. The molecule has 0 heterocycles. The zero-order chi connectivity index (χ0) is 14.0. The average molecular weight is 249 g/mol. The van der Waals surface area contributed by atoms with Crippen LogP contribution in [0, 0.1) is 18.3 Å². The summed E-state index contributed by atoms with van der Waals surface area (Å²) in [6, 6.07) is 16.5. The van der Waals surface area contributed by atoms with Gasteiger partial charge in [-0.2, -0.15) is 5.26 Å². The predicted molar refractivity (Wildman–Crippen MR) is 80.0 cm³/mol. The van der Waals surface area contributed by atoms with Gasteiger partial charge in [-0.25, -0.2) is 0 Å². The number of hydrogen-bond acceptors (Lipinski definition) is 1. The molecule has 0 N–H and O–H groups in total. The van der Waals surface area contributed by atoms with Gasteiger partial charge in [0.15, 0.2) is 0 Å². The van der Waals surface area contributed by atoms with Gasteiger partial charge in [-0.15, -0.1) is 0 Å². The quantitative estimate of drug-likeness (QED) is 0.710. The van der Waals surface area contributed by atoms with E-state index in [1.54, 1.807) is 0 Å². The fourth-order valence-electron chi connectivity index (χ4n) is 2.21. The molecule has 2 rings (SSSR count). The summed E-state index contributed by atoms with van der Waals surface area (Å²) in [5.41, 5.74) is 5.77. The minimum absolute atomic E-state index is 0.164. The van der Waals surface area contributed by atoms with Crippen molar-refractivity contribution in [1.82, 2.24) is 0 Å². The summed E-state index contributed by atoms with van der Waals surface area (Å²) < 4.78 is 0. The molecule has 0 saturated carbocycles. The lowest BCUT2D eigenvalue weighted by Crippen LogP contribution is -2.11. The van der Waals surface area contributed by atoms with E-state index in [1.807, 2.05) is 18.2 Å². The number of nitriles is 1. The van der Waals surface area contributed by atoms with Crippen molar-refractivity contribution < 1.29 is 0 Å².